The summed E-state index contributed by atoms with van der Waals surface area (Å²) >= 11 is 3.52. The van der Waals surface area contributed by atoms with Crippen LogP contribution in [0.2, 0.25) is 0 Å². The SMILES string of the molecule is C=C1NC2=C(C(=O)CC(c3ccc(OC)c(OC)c3)C2)C(c2cccc(Br)c2)C1C(=O)OCC. The lowest BCUT2D eigenvalue weighted by atomic mass is 9.69. The summed E-state index contributed by atoms with van der Waals surface area (Å²) in [5, 5.41) is 3.30. The first kappa shape index (κ1) is 24.1. The molecule has 0 amide bonds. The van der Waals surface area contributed by atoms with Crippen molar-refractivity contribution in [2.45, 2.75) is 31.6 Å². The van der Waals surface area contributed by atoms with Crippen molar-refractivity contribution in [3.05, 3.63) is 81.6 Å². The summed E-state index contributed by atoms with van der Waals surface area (Å²) in [5.41, 5.74) is 3.87. The Morgan fingerprint density at radius 3 is 2.53 bits per heavy atom. The Bertz CT molecular complexity index is 1170. The minimum atomic E-state index is -0.686. The van der Waals surface area contributed by atoms with Gasteiger partial charge in [-0.2, -0.15) is 0 Å². The number of esters is 1. The molecule has 1 N–H and O–H groups in total. The average Bonchev–Trinajstić information content (AvgIpc) is 2.82. The molecular formula is C27H28BrNO5. The largest absolute Gasteiger partial charge is 0.493 e. The molecule has 2 aromatic carbocycles. The molecule has 1 aliphatic heterocycles. The minimum absolute atomic E-state index is 0.0142. The van der Waals surface area contributed by atoms with E-state index in [1.807, 2.05) is 42.5 Å². The van der Waals surface area contributed by atoms with E-state index in [1.165, 1.54) is 0 Å². The highest BCUT2D eigenvalue weighted by atomic mass is 79.9. The molecule has 6 nitrogen and oxygen atoms in total. The van der Waals surface area contributed by atoms with E-state index in [2.05, 4.69) is 27.8 Å². The highest BCUT2D eigenvalue weighted by molar-refractivity contribution is 9.10. The summed E-state index contributed by atoms with van der Waals surface area (Å²) in [7, 11) is 3.19. The van der Waals surface area contributed by atoms with Crippen LogP contribution in [-0.2, 0) is 14.3 Å². The first-order valence-electron chi connectivity index (χ1n) is 11.2. The second-order valence-electron chi connectivity index (χ2n) is 8.45. The molecule has 0 bridgehead atoms. The van der Waals surface area contributed by atoms with Crippen LogP contribution >= 0.6 is 15.9 Å². The standard InChI is InChI=1S/C27H28BrNO5/c1-5-34-27(31)24-15(2)29-20-12-18(16-9-10-22(32-3)23(14-16)33-4)13-21(30)26(20)25(24)17-7-6-8-19(28)11-17/h6-11,14,18,24-25,29H,2,5,12-13H2,1,3-4H3. The van der Waals surface area contributed by atoms with Crippen LogP contribution in [-0.4, -0.2) is 32.6 Å². The van der Waals surface area contributed by atoms with Gasteiger partial charge in [-0.05, 0) is 54.7 Å². The molecule has 1 aliphatic carbocycles. The Hall–Kier alpha value is -3.06. The van der Waals surface area contributed by atoms with Crippen molar-refractivity contribution < 1.29 is 23.8 Å². The maximum atomic E-state index is 13.6. The summed E-state index contributed by atoms with van der Waals surface area (Å²) in [6.07, 6.45) is 0.956. The van der Waals surface area contributed by atoms with Gasteiger partial charge in [0.25, 0.3) is 0 Å². The van der Waals surface area contributed by atoms with Gasteiger partial charge in [0.05, 0.1) is 20.8 Å². The monoisotopic (exact) mass is 525 g/mol. The molecule has 2 aliphatic rings. The normalized spacial score (nSPS) is 22.1. The Balaban J connectivity index is 1.77. The second-order valence-corrected chi connectivity index (χ2v) is 9.36. The smallest absolute Gasteiger partial charge is 0.315 e. The fourth-order valence-electron chi connectivity index (χ4n) is 4.96. The molecule has 4 rings (SSSR count). The van der Waals surface area contributed by atoms with Crippen LogP contribution in [0.15, 0.2) is 70.5 Å². The summed E-state index contributed by atoms with van der Waals surface area (Å²) < 4.78 is 17.1. The summed E-state index contributed by atoms with van der Waals surface area (Å²) in [6.45, 7) is 6.19. The third-order valence-corrected chi connectivity index (χ3v) is 6.96. The Labute approximate surface area is 208 Å². The maximum absolute atomic E-state index is 13.6. The van der Waals surface area contributed by atoms with Crippen molar-refractivity contribution >= 4 is 27.7 Å². The molecule has 178 valence electrons. The first-order chi connectivity index (χ1) is 16.4. The van der Waals surface area contributed by atoms with Gasteiger partial charge >= 0.3 is 5.97 Å². The van der Waals surface area contributed by atoms with E-state index in [-0.39, 0.29) is 24.3 Å². The Morgan fingerprint density at radius 2 is 1.85 bits per heavy atom. The van der Waals surface area contributed by atoms with Gasteiger partial charge in [-0.25, -0.2) is 0 Å². The molecule has 34 heavy (non-hydrogen) atoms. The zero-order chi connectivity index (χ0) is 24.4. The molecule has 0 aromatic heterocycles. The van der Waals surface area contributed by atoms with E-state index in [1.54, 1.807) is 21.1 Å². The quantitative estimate of drug-likeness (QED) is 0.519. The number of nitrogens with one attached hydrogen (secondary N) is 1. The fourth-order valence-corrected chi connectivity index (χ4v) is 5.38. The molecule has 0 saturated heterocycles. The van der Waals surface area contributed by atoms with Gasteiger partial charge in [0.2, 0.25) is 0 Å². The summed E-state index contributed by atoms with van der Waals surface area (Å²) in [6, 6.07) is 13.5. The zero-order valence-electron chi connectivity index (χ0n) is 19.5. The van der Waals surface area contributed by atoms with Crippen molar-refractivity contribution in [2.75, 3.05) is 20.8 Å². The van der Waals surface area contributed by atoms with Gasteiger partial charge in [0.1, 0.15) is 5.92 Å². The first-order valence-corrected chi connectivity index (χ1v) is 12.0. The third-order valence-electron chi connectivity index (χ3n) is 6.47. The number of benzene rings is 2. The maximum Gasteiger partial charge on any atom is 0.315 e. The molecule has 0 fully saturated rings. The van der Waals surface area contributed by atoms with Gasteiger partial charge in [0, 0.05) is 33.8 Å². The van der Waals surface area contributed by atoms with E-state index < -0.39 is 11.8 Å². The number of ether oxygens (including phenoxy) is 3. The molecular weight excluding hydrogens is 498 g/mol. The van der Waals surface area contributed by atoms with Crippen molar-refractivity contribution in [2.24, 2.45) is 5.92 Å². The fraction of sp³-hybridized carbons (Fsp3) is 0.333. The van der Waals surface area contributed by atoms with E-state index >= 15 is 0 Å². The number of carbonyl (C=O) groups excluding carboxylic acids is 2. The number of methoxy groups -OCH3 is 2. The van der Waals surface area contributed by atoms with Crippen molar-refractivity contribution in [3.8, 4) is 11.5 Å². The number of Topliss-reactive ketones (excluding diaryl/α,β-unsaturated/α-hetero) is 1. The molecule has 2 aromatic rings. The van der Waals surface area contributed by atoms with Gasteiger partial charge < -0.3 is 19.5 Å². The topological polar surface area (TPSA) is 73.9 Å². The number of ketones is 1. The molecule has 0 saturated carbocycles. The molecule has 3 unspecified atom stereocenters. The number of halogens is 1. The minimum Gasteiger partial charge on any atom is -0.493 e. The van der Waals surface area contributed by atoms with Gasteiger partial charge in [0.15, 0.2) is 17.3 Å². The molecule has 1 heterocycles. The molecule has 0 radical (unpaired) electrons. The lowest BCUT2D eigenvalue weighted by molar-refractivity contribution is -0.147. The van der Waals surface area contributed by atoms with Gasteiger partial charge in [-0.15, -0.1) is 0 Å². The van der Waals surface area contributed by atoms with Crippen LogP contribution in [0.25, 0.3) is 0 Å². The van der Waals surface area contributed by atoms with E-state index in [0.29, 0.717) is 35.6 Å². The van der Waals surface area contributed by atoms with Gasteiger partial charge in [-0.3, -0.25) is 9.59 Å². The predicted octanol–water partition coefficient (Wildman–Crippen LogP) is 5.25. The lowest BCUT2D eigenvalue weighted by Gasteiger charge is -2.40. The van der Waals surface area contributed by atoms with Crippen molar-refractivity contribution in [3.63, 3.8) is 0 Å². The number of rotatable bonds is 6. The third kappa shape index (κ3) is 4.49. The number of carbonyl (C=O) groups is 2. The van der Waals surface area contributed by atoms with Crippen LogP contribution in [0.5, 0.6) is 11.5 Å². The van der Waals surface area contributed by atoms with Crippen LogP contribution in [0.3, 0.4) is 0 Å². The number of hydrogen-bond donors (Lipinski definition) is 1. The van der Waals surface area contributed by atoms with Crippen molar-refractivity contribution in [1.82, 2.24) is 5.32 Å². The molecule has 0 spiro atoms. The van der Waals surface area contributed by atoms with Crippen LogP contribution in [0, 0.1) is 5.92 Å². The predicted molar refractivity (Wildman–Crippen MR) is 133 cm³/mol. The van der Waals surface area contributed by atoms with E-state index in [4.69, 9.17) is 14.2 Å². The Morgan fingerprint density at radius 1 is 1.09 bits per heavy atom. The highest BCUT2D eigenvalue weighted by Gasteiger charge is 2.45. The van der Waals surface area contributed by atoms with Crippen LogP contribution in [0.1, 0.15) is 42.7 Å². The van der Waals surface area contributed by atoms with Crippen LogP contribution in [0.4, 0.5) is 0 Å². The second kappa shape index (κ2) is 10.1. The summed E-state index contributed by atoms with van der Waals surface area (Å²) in [5.74, 6) is -0.277. The number of allylic oxidation sites excluding steroid dienone is 2. The van der Waals surface area contributed by atoms with Crippen molar-refractivity contribution in [1.29, 1.82) is 0 Å². The lowest BCUT2D eigenvalue weighted by Crippen LogP contribution is -2.42. The van der Waals surface area contributed by atoms with E-state index in [0.717, 1.165) is 21.3 Å². The zero-order valence-corrected chi connectivity index (χ0v) is 21.1. The van der Waals surface area contributed by atoms with Gasteiger partial charge in [-0.1, -0.05) is 40.7 Å². The average molecular weight is 526 g/mol. The van der Waals surface area contributed by atoms with E-state index in [9.17, 15) is 9.59 Å². The molecule has 7 heteroatoms. The highest BCUT2D eigenvalue weighted by Crippen LogP contribution is 2.48. The van der Waals surface area contributed by atoms with Crippen LogP contribution < -0.4 is 14.8 Å². The molecule has 3 atom stereocenters. The Kier molecular flexibility index (Phi) is 7.12. The number of hydrogen-bond acceptors (Lipinski definition) is 6. The summed E-state index contributed by atoms with van der Waals surface area (Å²) in [4.78, 5) is 26.6.